The van der Waals surface area contributed by atoms with Crippen molar-refractivity contribution in [2.45, 2.75) is 26.4 Å². The van der Waals surface area contributed by atoms with E-state index in [1.165, 1.54) is 12.1 Å². The molecule has 0 atom stereocenters. The Hall–Kier alpha value is -2.02. The summed E-state index contributed by atoms with van der Waals surface area (Å²) >= 11 is 0. The third-order valence-corrected chi connectivity index (χ3v) is 3.97. The SMILES string of the molecule is Cc1nccn1CC1CN(Cc2ccc(OC(F)(F)F)cc2)C1. The molecule has 1 aliphatic heterocycles. The maximum Gasteiger partial charge on any atom is 0.573 e. The van der Waals surface area contributed by atoms with E-state index in [9.17, 15) is 13.2 Å². The Morgan fingerprint density at radius 1 is 1.22 bits per heavy atom. The van der Waals surface area contributed by atoms with Gasteiger partial charge in [0.05, 0.1) is 0 Å². The lowest BCUT2D eigenvalue weighted by atomic mass is 9.99. The molecule has 0 radical (unpaired) electrons. The van der Waals surface area contributed by atoms with Crippen LogP contribution in [-0.4, -0.2) is 33.9 Å². The number of hydrogen-bond acceptors (Lipinski definition) is 3. The van der Waals surface area contributed by atoms with E-state index < -0.39 is 6.36 Å². The second kappa shape index (κ2) is 6.23. The van der Waals surface area contributed by atoms with Crippen molar-refractivity contribution >= 4 is 0 Å². The van der Waals surface area contributed by atoms with E-state index in [0.29, 0.717) is 5.92 Å². The molecule has 124 valence electrons. The molecule has 7 heteroatoms. The molecule has 1 aromatic carbocycles. The number of hydrogen-bond donors (Lipinski definition) is 0. The molecule has 23 heavy (non-hydrogen) atoms. The van der Waals surface area contributed by atoms with Crippen molar-refractivity contribution in [2.24, 2.45) is 5.92 Å². The highest BCUT2D eigenvalue weighted by Gasteiger charge is 2.31. The molecule has 1 fully saturated rings. The van der Waals surface area contributed by atoms with Gasteiger partial charge in [-0.15, -0.1) is 13.2 Å². The molecule has 2 aromatic rings. The van der Waals surface area contributed by atoms with Crippen LogP contribution in [0.5, 0.6) is 5.75 Å². The topological polar surface area (TPSA) is 30.3 Å². The second-order valence-corrected chi connectivity index (χ2v) is 5.88. The molecule has 4 nitrogen and oxygen atoms in total. The normalized spacial score (nSPS) is 16.3. The van der Waals surface area contributed by atoms with Gasteiger partial charge in [0.25, 0.3) is 0 Å². The van der Waals surface area contributed by atoms with Gasteiger partial charge in [0.15, 0.2) is 0 Å². The number of imidazole rings is 1. The first kappa shape index (κ1) is 15.9. The lowest BCUT2D eigenvalue weighted by Crippen LogP contribution is -2.47. The van der Waals surface area contributed by atoms with Crippen molar-refractivity contribution in [1.29, 1.82) is 0 Å². The minimum atomic E-state index is -4.64. The smallest absolute Gasteiger partial charge is 0.406 e. The van der Waals surface area contributed by atoms with Crippen LogP contribution in [0.4, 0.5) is 13.2 Å². The molecule has 1 aliphatic rings. The summed E-state index contributed by atoms with van der Waals surface area (Å²) in [6, 6.07) is 6.06. The van der Waals surface area contributed by atoms with Gasteiger partial charge in [0, 0.05) is 44.5 Å². The number of benzene rings is 1. The third kappa shape index (κ3) is 4.25. The quantitative estimate of drug-likeness (QED) is 0.845. The fourth-order valence-electron chi connectivity index (χ4n) is 2.85. The molecule has 0 amide bonds. The van der Waals surface area contributed by atoms with E-state index in [-0.39, 0.29) is 5.75 Å². The fourth-order valence-corrected chi connectivity index (χ4v) is 2.85. The van der Waals surface area contributed by atoms with Crippen LogP contribution >= 0.6 is 0 Å². The predicted molar refractivity (Wildman–Crippen MR) is 78.9 cm³/mol. The Bertz CT molecular complexity index is 645. The number of nitrogens with zero attached hydrogens (tertiary/aromatic N) is 3. The summed E-state index contributed by atoms with van der Waals surface area (Å²) in [5.41, 5.74) is 0.983. The van der Waals surface area contributed by atoms with Crippen LogP contribution in [0.15, 0.2) is 36.7 Å². The zero-order valence-corrected chi connectivity index (χ0v) is 12.8. The van der Waals surface area contributed by atoms with Crippen LogP contribution in [-0.2, 0) is 13.1 Å². The van der Waals surface area contributed by atoms with E-state index in [4.69, 9.17) is 0 Å². The lowest BCUT2D eigenvalue weighted by Gasteiger charge is -2.39. The van der Waals surface area contributed by atoms with Crippen LogP contribution in [0.1, 0.15) is 11.4 Å². The van der Waals surface area contributed by atoms with E-state index in [0.717, 1.165) is 37.6 Å². The van der Waals surface area contributed by atoms with Crippen LogP contribution in [0, 0.1) is 12.8 Å². The summed E-state index contributed by atoms with van der Waals surface area (Å²) in [4.78, 5) is 6.48. The van der Waals surface area contributed by atoms with Gasteiger partial charge in [-0.25, -0.2) is 4.98 Å². The predicted octanol–water partition coefficient (Wildman–Crippen LogP) is 3.22. The van der Waals surface area contributed by atoms with Crippen molar-refractivity contribution in [3.05, 3.63) is 48.0 Å². The van der Waals surface area contributed by atoms with Crippen molar-refractivity contribution < 1.29 is 17.9 Å². The van der Waals surface area contributed by atoms with Gasteiger partial charge in [-0.2, -0.15) is 0 Å². The Labute approximate surface area is 132 Å². The van der Waals surface area contributed by atoms with Crippen molar-refractivity contribution in [3.63, 3.8) is 0 Å². The molecule has 0 aliphatic carbocycles. The average Bonchev–Trinajstić information content (AvgIpc) is 2.82. The Kier molecular flexibility index (Phi) is 4.30. The van der Waals surface area contributed by atoms with Gasteiger partial charge in [-0.1, -0.05) is 12.1 Å². The molecule has 0 saturated carbocycles. The monoisotopic (exact) mass is 325 g/mol. The molecule has 2 heterocycles. The summed E-state index contributed by atoms with van der Waals surface area (Å²) in [5, 5.41) is 0. The molecular weight excluding hydrogens is 307 g/mol. The highest BCUT2D eigenvalue weighted by Crippen LogP contribution is 2.25. The second-order valence-electron chi connectivity index (χ2n) is 5.88. The Balaban J connectivity index is 1.45. The van der Waals surface area contributed by atoms with Gasteiger partial charge in [0.1, 0.15) is 11.6 Å². The standard InChI is InChI=1S/C16H18F3N3O/c1-12-20-6-7-22(12)11-14-9-21(10-14)8-13-2-4-15(5-3-13)23-16(17,18)19/h2-7,14H,8-11H2,1H3. The Morgan fingerprint density at radius 2 is 1.91 bits per heavy atom. The summed E-state index contributed by atoms with van der Waals surface area (Å²) in [6.45, 7) is 5.66. The van der Waals surface area contributed by atoms with Crippen LogP contribution in [0.3, 0.4) is 0 Å². The zero-order chi connectivity index (χ0) is 16.4. The largest absolute Gasteiger partial charge is 0.573 e. The van der Waals surface area contributed by atoms with E-state index in [1.807, 2.05) is 13.1 Å². The zero-order valence-electron chi connectivity index (χ0n) is 12.8. The number of ether oxygens (including phenoxy) is 1. The molecule has 1 aromatic heterocycles. The van der Waals surface area contributed by atoms with Crippen molar-refractivity contribution in [3.8, 4) is 5.75 Å². The van der Waals surface area contributed by atoms with E-state index in [1.54, 1.807) is 18.3 Å². The van der Waals surface area contributed by atoms with Crippen LogP contribution in [0.2, 0.25) is 0 Å². The van der Waals surface area contributed by atoms with Crippen molar-refractivity contribution in [1.82, 2.24) is 14.5 Å². The minimum absolute atomic E-state index is 0.182. The molecule has 0 unspecified atom stereocenters. The number of rotatable bonds is 5. The summed E-state index contributed by atoms with van der Waals surface area (Å²) in [7, 11) is 0. The molecule has 3 rings (SSSR count). The molecule has 0 spiro atoms. The molecule has 1 saturated heterocycles. The number of alkyl halides is 3. The van der Waals surface area contributed by atoms with Gasteiger partial charge >= 0.3 is 6.36 Å². The first-order valence-corrected chi connectivity index (χ1v) is 7.44. The van der Waals surface area contributed by atoms with Gasteiger partial charge in [0.2, 0.25) is 0 Å². The maximum atomic E-state index is 12.1. The number of aryl methyl sites for hydroxylation is 1. The number of halogens is 3. The van der Waals surface area contributed by atoms with Gasteiger partial charge in [-0.3, -0.25) is 4.90 Å². The highest BCUT2D eigenvalue weighted by molar-refractivity contribution is 5.27. The fraction of sp³-hybridized carbons (Fsp3) is 0.438. The van der Waals surface area contributed by atoms with Gasteiger partial charge < -0.3 is 9.30 Å². The van der Waals surface area contributed by atoms with E-state index >= 15 is 0 Å². The third-order valence-electron chi connectivity index (χ3n) is 3.97. The summed E-state index contributed by atoms with van der Waals surface area (Å²) < 4.78 is 42.3. The number of likely N-dealkylation sites (tertiary alicyclic amines) is 1. The van der Waals surface area contributed by atoms with Crippen molar-refractivity contribution in [2.75, 3.05) is 13.1 Å². The first-order chi connectivity index (χ1) is 10.9. The molecule has 0 bridgehead atoms. The van der Waals surface area contributed by atoms with Gasteiger partial charge in [-0.05, 0) is 24.6 Å². The number of aromatic nitrogens is 2. The Morgan fingerprint density at radius 3 is 2.48 bits per heavy atom. The summed E-state index contributed by atoms with van der Waals surface area (Å²) in [5.74, 6) is 1.43. The molecule has 0 N–H and O–H groups in total. The minimum Gasteiger partial charge on any atom is -0.406 e. The van der Waals surface area contributed by atoms with E-state index in [2.05, 4.69) is 19.2 Å². The van der Waals surface area contributed by atoms with Crippen LogP contribution < -0.4 is 4.74 Å². The van der Waals surface area contributed by atoms with Crippen LogP contribution in [0.25, 0.3) is 0 Å². The lowest BCUT2D eigenvalue weighted by molar-refractivity contribution is -0.274. The highest BCUT2D eigenvalue weighted by atomic mass is 19.4. The maximum absolute atomic E-state index is 12.1. The molecular formula is C16H18F3N3O. The first-order valence-electron chi connectivity index (χ1n) is 7.44. The summed E-state index contributed by atoms with van der Waals surface area (Å²) in [6.07, 6.45) is -0.856. The average molecular weight is 325 g/mol.